The number of aliphatic carboxylic acids is 1. The van der Waals surface area contributed by atoms with Crippen LogP contribution in [0.2, 0.25) is 0 Å². The Labute approximate surface area is 420 Å². The molecule has 0 spiro atoms. The van der Waals surface area contributed by atoms with E-state index in [0.29, 0.717) is 42.9 Å². The highest BCUT2D eigenvalue weighted by Crippen LogP contribution is 2.68. The van der Waals surface area contributed by atoms with Crippen molar-refractivity contribution in [3.05, 3.63) is 71.8 Å². The van der Waals surface area contributed by atoms with E-state index < -0.39 is 77.6 Å². The third-order valence-electron chi connectivity index (χ3n) is 17.5. The Morgan fingerprint density at radius 2 is 1.18 bits per heavy atom. The second-order valence-corrected chi connectivity index (χ2v) is 23.3. The van der Waals surface area contributed by atoms with Gasteiger partial charge in [0.1, 0.15) is 36.3 Å². The number of carbonyl (C=O) groups excluding carboxylic acids is 5. The topological polar surface area (TPSA) is 243 Å². The molecular formula is C56H83N5O10. The van der Waals surface area contributed by atoms with Gasteiger partial charge < -0.3 is 47.0 Å². The average Bonchev–Trinajstić information content (AvgIpc) is 3.67. The lowest BCUT2D eigenvalue weighted by atomic mass is 9.44. The summed E-state index contributed by atoms with van der Waals surface area (Å²) in [6, 6.07) is 12.4. The monoisotopic (exact) mass is 986 g/mol. The van der Waals surface area contributed by atoms with Crippen molar-refractivity contribution in [1.82, 2.24) is 26.6 Å². The number of carboxylic acids is 1. The van der Waals surface area contributed by atoms with Gasteiger partial charge in [0.25, 0.3) is 0 Å². The van der Waals surface area contributed by atoms with E-state index in [1.54, 1.807) is 50.2 Å². The molecule has 5 amide bonds. The van der Waals surface area contributed by atoms with Gasteiger partial charge >= 0.3 is 5.97 Å². The lowest BCUT2D eigenvalue weighted by molar-refractivity contribution is -0.284. The standard InChI is InChI=1S/C56H83N5O10/c1-32(2)27-43(58-47(63)24-19-34(5)40-22-23-41-39-21-20-38-30-56(70,71)46(62)31-55(38,8)42(39)25-26-54(40,41)7)51(66)61-48(33(3)4)52(67)60-45(29-37-17-13-10-14-18-37)50(65)59-44(28-36-15-11-9-12-16-36)49(64)57-35(6)53(68)69/h9-18,32-35,38-46,48,62,70-71H,19-31H2,1-8H3,(H,57,64)(H,58,63)(H,59,65)(H,60,67)(H,61,66)(H,68,69)/t34-,35+,38?,39?,40-,41?,42?,43+,44+,45+,46?,48+,54-,55+/m1/s1. The third kappa shape index (κ3) is 13.2. The van der Waals surface area contributed by atoms with Gasteiger partial charge in [0, 0.05) is 25.7 Å². The van der Waals surface area contributed by atoms with E-state index in [-0.39, 0.29) is 60.2 Å². The van der Waals surface area contributed by atoms with Gasteiger partial charge in [-0.05, 0) is 134 Å². The number of fused-ring (bicyclic) bond motifs is 5. The van der Waals surface area contributed by atoms with Crippen molar-refractivity contribution in [3.8, 4) is 0 Å². The minimum absolute atomic E-state index is 0.0317. The van der Waals surface area contributed by atoms with E-state index in [2.05, 4.69) is 47.4 Å². The van der Waals surface area contributed by atoms with Gasteiger partial charge in [-0.1, -0.05) is 109 Å². The number of aliphatic hydroxyl groups is 3. The van der Waals surface area contributed by atoms with E-state index in [4.69, 9.17) is 0 Å². The molecule has 15 heteroatoms. The zero-order chi connectivity index (χ0) is 52.0. The van der Waals surface area contributed by atoms with Crippen LogP contribution in [-0.4, -0.2) is 98.0 Å². The van der Waals surface area contributed by atoms with Crippen molar-refractivity contribution in [2.24, 2.45) is 58.2 Å². The summed E-state index contributed by atoms with van der Waals surface area (Å²) in [7, 11) is 0. The summed E-state index contributed by atoms with van der Waals surface area (Å²) in [5, 5.41) is 55.3. The maximum absolute atomic E-state index is 14.3. The van der Waals surface area contributed by atoms with Gasteiger partial charge in [-0.2, -0.15) is 0 Å². The first-order valence-electron chi connectivity index (χ1n) is 26.4. The lowest BCUT2D eigenvalue weighted by Gasteiger charge is -2.62. The van der Waals surface area contributed by atoms with Crippen LogP contribution >= 0.6 is 0 Å². The summed E-state index contributed by atoms with van der Waals surface area (Å²) < 4.78 is 0. The maximum atomic E-state index is 14.3. The van der Waals surface area contributed by atoms with Gasteiger partial charge in [-0.25, -0.2) is 0 Å². The lowest BCUT2D eigenvalue weighted by Crippen LogP contribution is -2.60. The first-order valence-corrected chi connectivity index (χ1v) is 26.4. The Hall–Kier alpha value is -4.86. The molecule has 0 heterocycles. The Balaban J connectivity index is 1.09. The smallest absolute Gasteiger partial charge is 0.325 e. The molecule has 4 saturated carbocycles. The normalized spacial score (nSPS) is 29.1. The predicted octanol–water partition coefficient (Wildman–Crippen LogP) is 5.43. The molecule has 0 bridgehead atoms. The second kappa shape index (κ2) is 23.3. The number of aliphatic hydroxyl groups excluding tert-OH is 1. The van der Waals surface area contributed by atoms with Crippen LogP contribution in [-0.2, 0) is 41.6 Å². The van der Waals surface area contributed by atoms with E-state index in [1.165, 1.54) is 6.92 Å². The number of benzene rings is 2. The van der Waals surface area contributed by atoms with Crippen LogP contribution in [0, 0.1) is 58.2 Å². The van der Waals surface area contributed by atoms with Crippen LogP contribution in [0.15, 0.2) is 60.7 Å². The largest absolute Gasteiger partial charge is 0.480 e. The van der Waals surface area contributed by atoms with Crippen molar-refractivity contribution < 1.29 is 49.2 Å². The molecule has 6 rings (SSSR count). The Bertz CT molecular complexity index is 2170. The summed E-state index contributed by atoms with van der Waals surface area (Å²) in [6.07, 6.45) is 7.20. The number of carboxylic acid groups (broad SMARTS) is 1. The molecule has 4 aliphatic carbocycles. The van der Waals surface area contributed by atoms with Crippen molar-refractivity contribution >= 4 is 35.5 Å². The Kier molecular flexibility index (Phi) is 18.2. The molecule has 392 valence electrons. The molecule has 5 unspecified atom stereocenters. The zero-order valence-corrected chi connectivity index (χ0v) is 43.3. The number of rotatable bonds is 21. The zero-order valence-electron chi connectivity index (χ0n) is 43.3. The van der Waals surface area contributed by atoms with Crippen LogP contribution in [0.25, 0.3) is 0 Å². The summed E-state index contributed by atoms with van der Waals surface area (Å²) in [6.45, 7) is 15.8. The molecule has 4 aliphatic rings. The highest BCUT2D eigenvalue weighted by Gasteiger charge is 2.63. The van der Waals surface area contributed by atoms with Crippen LogP contribution in [0.1, 0.15) is 137 Å². The number of carbonyl (C=O) groups is 6. The molecule has 4 fully saturated rings. The fraction of sp³-hybridized carbons (Fsp3) is 0.679. The number of hydrogen-bond donors (Lipinski definition) is 9. The number of nitrogens with one attached hydrogen (secondary N) is 5. The van der Waals surface area contributed by atoms with E-state index >= 15 is 0 Å². The summed E-state index contributed by atoms with van der Waals surface area (Å²) >= 11 is 0. The van der Waals surface area contributed by atoms with Gasteiger partial charge in [0.15, 0.2) is 5.79 Å². The molecule has 2 aromatic carbocycles. The molecule has 0 radical (unpaired) electrons. The van der Waals surface area contributed by atoms with Crippen molar-refractivity contribution in [2.45, 2.75) is 181 Å². The van der Waals surface area contributed by atoms with E-state index in [9.17, 15) is 49.2 Å². The first-order chi connectivity index (χ1) is 33.4. The van der Waals surface area contributed by atoms with Gasteiger partial charge in [-0.3, -0.25) is 28.8 Å². The highest BCUT2D eigenvalue weighted by atomic mass is 16.5. The van der Waals surface area contributed by atoms with E-state index in [1.807, 2.05) is 38.1 Å². The SMILES string of the molecule is CC(C)C[C@H](NC(=O)CC[C@@H](C)[C@H]1CCC2C3CCC4CC(O)(O)C(O)C[C@]4(C)C3CC[C@@]21C)C(=O)N[C@H](C(=O)N[C@@H](Cc1ccccc1)C(=O)N[C@@H](Cc1ccccc1)C(=O)N[C@@H](C)C(=O)O)C(C)C. The number of hydrogen-bond acceptors (Lipinski definition) is 9. The van der Waals surface area contributed by atoms with Gasteiger partial charge in [0.2, 0.25) is 29.5 Å². The molecule has 9 N–H and O–H groups in total. The molecule has 0 saturated heterocycles. The maximum Gasteiger partial charge on any atom is 0.325 e. The fourth-order valence-corrected chi connectivity index (χ4v) is 13.6. The molecule has 71 heavy (non-hydrogen) atoms. The summed E-state index contributed by atoms with van der Waals surface area (Å²) in [4.78, 5) is 81.6. The second-order valence-electron chi connectivity index (χ2n) is 23.3. The van der Waals surface area contributed by atoms with Crippen LogP contribution in [0.4, 0.5) is 0 Å². The predicted molar refractivity (Wildman–Crippen MR) is 270 cm³/mol. The first kappa shape index (κ1) is 55.5. The highest BCUT2D eigenvalue weighted by molar-refractivity contribution is 5.96. The van der Waals surface area contributed by atoms with Crippen LogP contribution < -0.4 is 26.6 Å². The van der Waals surface area contributed by atoms with E-state index in [0.717, 1.165) is 49.7 Å². The van der Waals surface area contributed by atoms with Crippen molar-refractivity contribution in [2.75, 3.05) is 0 Å². The fourth-order valence-electron chi connectivity index (χ4n) is 13.6. The Morgan fingerprint density at radius 1 is 0.634 bits per heavy atom. The van der Waals surface area contributed by atoms with Crippen LogP contribution in [0.3, 0.4) is 0 Å². The summed E-state index contributed by atoms with van der Waals surface area (Å²) in [5.74, 6) is -4.01. The van der Waals surface area contributed by atoms with Crippen molar-refractivity contribution in [1.29, 1.82) is 0 Å². The van der Waals surface area contributed by atoms with Gasteiger partial charge in [-0.15, -0.1) is 0 Å². The van der Waals surface area contributed by atoms with Gasteiger partial charge in [0.05, 0.1) is 0 Å². The quantitative estimate of drug-likeness (QED) is 0.0719. The number of amides is 5. The molecule has 15 nitrogen and oxygen atoms in total. The molecular weight excluding hydrogens is 903 g/mol. The molecule has 0 aromatic heterocycles. The molecule has 2 aromatic rings. The Morgan fingerprint density at radius 3 is 1.75 bits per heavy atom. The molecule has 14 atom stereocenters. The summed E-state index contributed by atoms with van der Waals surface area (Å²) in [5.41, 5.74) is 1.45. The third-order valence-corrected chi connectivity index (χ3v) is 17.5. The van der Waals surface area contributed by atoms with Crippen LogP contribution in [0.5, 0.6) is 0 Å². The van der Waals surface area contributed by atoms with Crippen molar-refractivity contribution in [3.63, 3.8) is 0 Å². The molecule has 0 aliphatic heterocycles. The minimum atomic E-state index is -2.02. The minimum Gasteiger partial charge on any atom is -0.480 e. The average molecular weight is 986 g/mol.